The van der Waals surface area contributed by atoms with Crippen LogP contribution in [0.1, 0.15) is 11.6 Å². The van der Waals surface area contributed by atoms with Crippen molar-refractivity contribution in [2.24, 2.45) is 0 Å². The molecule has 1 aliphatic rings. The van der Waals surface area contributed by atoms with Crippen LogP contribution in [0.4, 0.5) is 11.5 Å². The molecule has 9 heteroatoms. The van der Waals surface area contributed by atoms with E-state index in [9.17, 15) is 9.90 Å². The number of aromatic hydroxyl groups is 1. The number of hydrogen-bond donors (Lipinski definition) is 2. The number of aromatic nitrogens is 4. The van der Waals surface area contributed by atoms with Crippen LogP contribution in [0.2, 0.25) is 0 Å². The first kappa shape index (κ1) is 20.2. The SMILES string of the molecule is C=CC(=O)N1CC(n2nc(-c3ccc(Br)c(O)c3)c3c(N)ncnc32)Cc2ccccc21. The highest BCUT2D eigenvalue weighted by Gasteiger charge is 2.31. The van der Waals surface area contributed by atoms with Crippen LogP contribution in [0.25, 0.3) is 22.3 Å². The van der Waals surface area contributed by atoms with Gasteiger partial charge in [-0.2, -0.15) is 5.10 Å². The molecule has 160 valence electrons. The third kappa shape index (κ3) is 3.21. The highest BCUT2D eigenvalue weighted by molar-refractivity contribution is 9.10. The molecular weight excluding hydrogens is 472 g/mol. The number of para-hydroxylation sites is 1. The van der Waals surface area contributed by atoms with Crippen molar-refractivity contribution in [2.75, 3.05) is 17.2 Å². The number of benzene rings is 2. The summed E-state index contributed by atoms with van der Waals surface area (Å²) in [5.41, 5.74) is 9.96. The normalized spacial score (nSPS) is 15.5. The lowest BCUT2D eigenvalue weighted by Gasteiger charge is -2.34. The van der Waals surface area contributed by atoms with Gasteiger partial charge in [-0.05, 0) is 52.2 Å². The van der Waals surface area contributed by atoms with Crippen LogP contribution in [-0.2, 0) is 11.2 Å². The lowest BCUT2D eigenvalue weighted by Crippen LogP contribution is -2.40. The number of fused-ring (bicyclic) bond motifs is 2. The number of nitrogens with two attached hydrogens (primary N) is 1. The zero-order valence-corrected chi connectivity index (χ0v) is 18.5. The Balaban J connectivity index is 1.68. The number of phenols is 1. The van der Waals surface area contributed by atoms with Crippen molar-refractivity contribution < 1.29 is 9.90 Å². The van der Waals surface area contributed by atoms with E-state index in [-0.39, 0.29) is 17.7 Å². The van der Waals surface area contributed by atoms with E-state index in [1.807, 2.05) is 30.3 Å². The predicted molar refractivity (Wildman–Crippen MR) is 126 cm³/mol. The lowest BCUT2D eigenvalue weighted by atomic mass is 9.97. The minimum Gasteiger partial charge on any atom is -0.507 e. The highest BCUT2D eigenvalue weighted by Crippen LogP contribution is 2.38. The molecule has 2 aromatic carbocycles. The van der Waals surface area contributed by atoms with E-state index in [1.165, 1.54) is 12.4 Å². The Kier molecular flexibility index (Phi) is 4.90. The summed E-state index contributed by atoms with van der Waals surface area (Å²) in [6.45, 7) is 4.06. The fourth-order valence-electron chi connectivity index (χ4n) is 4.17. The first-order chi connectivity index (χ1) is 15.5. The van der Waals surface area contributed by atoms with Gasteiger partial charge in [-0.3, -0.25) is 4.79 Å². The van der Waals surface area contributed by atoms with E-state index in [0.717, 1.165) is 11.3 Å². The van der Waals surface area contributed by atoms with Crippen LogP contribution in [0.5, 0.6) is 5.75 Å². The van der Waals surface area contributed by atoms with Gasteiger partial charge in [0.2, 0.25) is 5.91 Å². The molecule has 32 heavy (non-hydrogen) atoms. The van der Waals surface area contributed by atoms with Crippen molar-refractivity contribution in [1.82, 2.24) is 19.7 Å². The maximum absolute atomic E-state index is 12.6. The molecule has 0 spiro atoms. The second-order valence-electron chi connectivity index (χ2n) is 7.56. The maximum Gasteiger partial charge on any atom is 0.250 e. The fraction of sp³-hybridized carbons (Fsp3) is 0.130. The molecule has 3 heterocycles. The smallest absolute Gasteiger partial charge is 0.250 e. The Bertz CT molecular complexity index is 1380. The van der Waals surface area contributed by atoms with Gasteiger partial charge in [0.15, 0.2) is 5.65 Å². The Morgan fingerprint density at radius 2 is 2.06 bits per heavy atom. The summed E-state index contributed by atoms with van der Waals surface area (Å²) in [5, 5.41) is 15.7. The second kappa shape index (κ2) is 7.76. The van der Waals surface area contributed by atoms with Crippen LogP contribution in [0.15, 0.2) is 65.9 Å². The topological polar surface area (TPSA) is 110 Å². The van der Waals surface area contributed by atoms with Gasteiger partial charge in [-0.25, -0.2) is 14.6 Å². The molecule has 1 atom stereocenters. The molecule has 0 fully saturated rings. The van der Waals surface area contributed by atoms with Gasteiger partial charge in [0.1, 0.15) is 23.6 Å². The molecule has 5 rings (SSSR count). The molecule has 2 aromatic heterocycles. The molecular formula is C23H19BrN6O2. The summed E-state index contributed by atoms with van der Waals surface area (Å²) in [4.78, 5) is 22.9. The molecule has 1 aliphatic heterocycles. The van der Waals surface area contributed by atoms with Gasteiger partial charge in [0.05, 0.1) is 15.9 Å². The first-order valence-corrected chi connectivity index (χ1v) is 10.8. The van der Waals surface area contributed by atoms with E-state index >= 15 is 0 Å². The third-order valence-electron chi connectivity index (χ3n) is 5.66. The van der Waals surface area contributed by atoms with Crippen LogP contribution in [0, 0.1) is 0 Å². The number of nitrogens with zero attached hydrogens (tertiary/aromatic N) is 5. The Morgan fingerprint density at radius 1 is 1.25 bits per heavy atom. The quantitative estimate of drug-likeness (QED) is 0.422. The van der Waals surface area contributed by atoms with E-state index in [2.05, 4.69) is 32.5 Å². The van der Waals surface area contributed by atoms with Gasteiger partial charge in [-0.1, -0.05) is 30.8 Å². The summed E-state index contributed by atoms with van der Waals surface area (Å²) in [6, 6.07) is 12.8. The number of carbonyl (C=O) groups excluding carboxylic acids is 1. The van der Waals surface area contributed by atoms with E-state index in [4.69, 9.17) is 10.8 Å². The standard InChI is InChI=1S/C23H19BrN6O2/c1-2-19(32)29-11-15(9-13-5-3-4-6-17(13)29)30-23-20(22(25)26-12-27-23)21(28-30)14-7-8-16(24)18(31)10-14/h2-8,10,12,15,31H,1,9,11H2,(H2,25,26,27). The van der Waals surface area contributed by atoms with Gasteiger partial charge < -0.3 is 15.7 Å². The zero-order valence-electron chi connectivity index (χ0n) is 16.9. The molecule has 1 amide bonds. The van der Waals surface area contributed by atoms with Crippen molar-refractivity contribution in [3.63, 3.8) is 0 Å². The van der Waals surface area contributed by atoms with Crippen molar-refractivity contribution in [3.05, 3.63) is 71.5 Å². The zero-order chi connectivity index (χ0) is 22.4. The summed E-state index contributed by atoms with van der Waals surface area (Å²) in [7, 11) is 0. The summed E-state index contributed by atoms with van der Waals surface area (Å²) >= 11 is 3.31. The monoisotopic (exact) mass is 490 g/mol. The van der Waals surface area contributed by atoms with E-state index in [0.29, 0.717) is 45.5 Å². The van der Waals surface area contributed by atoms with Gasteiger partial charge >= 0.3 is 0 Å². The van der Waals surface area contributed by atoms with Gasteiger partial charge in [0.25, 0.3) is 0 Å². The van der Waals surface area contributed by atoms with Crippen LogP contribution < -0.4 is 10.6 Å². The minimum atomic E-state index is -0.177. The molecule has 0 saturated carbocycles. The van der Waals surface area contributed by atoms with Crippen LogP contribution >= 0.6 is 15.9 Å². The van der Waals surface area contributed by atoms with E-state index in [1.54, 1.807) is 21.7 Å². The number of nitrogen functional groups attached to an aromatic ring is 1. The maximum atomic E-state index is 12.6. The van der Waals surface area contributed by atoms with Crippen molar-refractivity contribution in [3.8, 4) is 17.0 Å². The summed E-state index contributed by atoms with van der Waals surface area (Å²) in [5.74, 6) is 0.217. The highest BCUT2D eigenvalue weighted by atomic mass is 79.9. The minimum absolute atomic E-state index is 0.0926. The van der Waals surface area contributed by atoms with Gasteiger partial charge in [0, 0.05) is 17.8 Å². The molecule has 0 radical (unpaired) electrons. The predicted octanol–water partition coefficient (Wildman–Crippen LogP) is 3.86. The summed E-state index contributed by atoms with van der Waals surface area (Å²) < 4.78 is 2.39. The Morgan fingerprint density at radius 3 is 2.84 bits per heavy atom. The molecule has 0 aliphatic carbocycles. The number of anilines is 2. The largest absolute Gasteiger partial charge is 0.507 e. The number of phenolic OH excluding ortho intramolecular Hbond substituents is 1. The number of rotatable bonds is 3. The van der Waals surface area contributed by atoms with Gasteiger partial charge in [-0.15, -0.1) is 0 Å². The second-order valence-corrected chi connectivity index (χ2v) is 8.41. The van der Waals surface area contributed by atoms with Crippen LogP contribution in [0.3, 0.4) is 0 Å². The fourth-order valence-corrected chi connectivity index (χ4v) is 4.42. The lowest BCUT2D eigenvalue weighted by molar-refractivity contribution is -0.114. The average Bonchev–Trinajstić information content (AvgIpc) is 3.20. The Hall–Kier alpha value is -3.72. The summed E-state index contributed by atoms with van der Waals surface area (Å²) in [6.07, 6.45) is 3.39. The molecule has 0 saturated heterocycles. The molecule has 4 aromatic rings. The average molecular weight is 491 g/mol. The number of halogens is 1. The first-order valence-electron chi connectivity index (χ1n) is 9.97. The molecule has 8 nitrogen and oxygen atoms in total. The van der Waals surface area contributed by atoms with Crippen LogP contribution in [-0.4, -0.2) is 37.3 Å². The number of carbonyl (C=O) groups is 1. The molecule has 0 bridgehead atoms. The third-order valence-corrected chi connectivity index (χ3v) is 6.33. The number of hydrogen-bond acceptors (Lipinski definition) is 6. The molecule has 1 unspecified atom stereocenters. The van der Waals surface area contributed by atoms with Crippen molar-refractivity contribution >= 4 is 44.4 Å². The van der Waals surface area contributed by atoms with Crippen molar-refractivity contribution in [1.29, 1.82) is 0 Å². The Labute approximate surface area is 192 Å². The van der Waals surface area contributed by atoms with E-state index < -0.39 is 0 Å². The number of amides is 1. The van der Waals surface area contributed by atoms with Crippen molar-refractivity contribution in [2.45, 2.75) is 12.5 Å². The molecule has 3 N–H and O–H groups in total.